The first-order valence-electron chi connectivity index (χ1n) is 11.1. The van der Waals surface area contributed by atoms with Crippen molar-refractivity contribution < 1.29 is 27.5 Å². The summed E-state index contributed by atoms with van der Waals surface area (Å²) in [5.41, 5.74) is 11.2. The van der Waals surface area contributed by atoms with Gasteiger partial charge < -0.3 is 31.2 Å². The molecule has 2 heterocycles. The van der Waals surface area contributed by atoms with Gasteiger partial charge in [0, 0.05) is 36.5 Å². The Morgan fingerprint density at radius 3 is 2.67 bits per heavy atom. The highest BCUT2D eigenvalue weighted by Gasteiger charge is 2.36. The van der Waals surface area contributed by atoms with E-state index in [0.29, 0.717) is 17.0 Å². The number of aromatic amines is 1. The van der Waals surface area contributed by atoms with Crippen molar-refractivity contribution in [2.75, 3.05) is 38.2 Å². The number of carbonyl (C=O) groups is 2. The van der Waals surface area contributed by atoms with Crippen molar-refractivity contribution in [1.29, 1.82) is 0 Å². The summed E-state index contributed by atoms with van der Waals surface area (Å²) in [6.07, 6.45) is -0.478. The third-order valence-electron chi connectivity index (χ3n) is 5.64. The van der Waals surface area contributed by atoms with E-state index >= 15 is 0 Å². The van der Waals surface area contributed by atoms with Gasteiger partial charge in [0.05, 0.1) is 17.8 Å². The van der Waals surface area contributed by atoms with Gasteiger partial charge in [-0.1, -0.05) is 29.8 Å². The molecule has 0 aliphatic carbocycles. The average molecular weight is 536 g/mol. The second kappa shape index (κ2) is 10.7. The molecule has 1 aromatic heterocycles. The first kappa shape index (κ1) is 25.8. The molecule has 13 heteroatoms. The van der Waals surface area contributed by atoms with Gasteiger partial charge in [-0.05, 0) is 24.3 Å². The van der Waals surface area contributed by atoms with Crippen molar-refractivity contribution in [3.8, 4) is 5.75 Å². The predicted molar refractivity (Wildman–Crippen MR) is 135 cm³/mol. The molecule has 1 fully saturated rings. The Labute approximate surface area is 212 Å². The van der Waals surface area contributed by atoms with Crippen molar-refractivity contribution in [3.05, 3.63) is 53.2 Å². The number of ether oxygens (including phenoxy) is 2. The number of anilines is 1. The van der Waals surface area contributed by atoms with E-state index in [1.165, 1.54) is 10.4 Å². The minimum atomic E-state index is -4.20. The molecule has 1 aliphatic rings. The number of sulfonamides is 1. The molecule has 6 N–H and O–H groups in total. The number of morpholine rings is 1. The summed E-state index contributed by atoms with van der Waals surface area (Å²) in [4.78, 5) is 26.0. The summed E-state index contributed by atoms with van der Waals surface area (Å²) in [6.45, 7) is 0.581. The Hall–Kier alpha value is -3.32. The van der Waals surface area contributed by atoms with Gasteiger partial charge in [0.15, 0.2) is 0 Å². The second-order valence-electron chi connectivity index (χ2n) is 8.19. The van der Waals surface area contributed by atoms with Crippen molar-refractivity contribution in [2.24, 2.45) is 11.5 Å². The second-order valence-corrected chi connectivity index (χ2v) is 10.5. The van der Waals surface area contributed by atoms with Gasteiger partial charge >= 0.3 is 0 Å². The molecule has 36 heavy (non-hydrogen) atoms. The number of hydrogen-bond acceptors (Lipinski definition) is 7. The number of para-hydroxylation sites is 1. The summed E-state index contributed by atoms with van der Waals surface area (Å²) >= 11 is 6.28. The van der Waals surface area contributed by atoms with Crippen LogP contribution in [0.25, 0.3) is 10.9 Å². The average Bonchev–Trinajstić information content (AvgIpc) is 3.24. The molecule has 0 spiro atoms. The molecule has 1 aliphatic heterocycles. The van der Waals surface area contributed by atoms with Gasteiger partial charge in [-0.15, -0.1) is 0 Å². The standard InChI is InChI=1S/C23H26ClN5O6S/c24-14-10-17-20(18(11-14)27-7-6-19(25)30)28-21(23(26)31)22(17)36(32,33)29-8-9-34-16(12-29)13-35-15-4-2-1-3-5-15/h1-5,10-11,16,27-28H,6-9,12-13H2,(H2,25,30)(H2,26,31). The third-order valence-corrected chi connectivity index (χ3v) is 7.81. The number of hydrogen-bond donors (Lipinski definition) is 4. The molecule has 0 saturated carbocycles. The van der Waals surface area contributed by atoms with Gasteiger partial charge in [0.1, 0.15) is 29.0 Å². The van der Waals surface area contributed by atoms with Crippen LogP contribution in [0.15, 0.2) is 47.4 Å². The fourth-order valence-electron chi connectivity index (χ4n) is 3.98. The number of fused-ring (bicyclic) bond motifs is 1. The van der Waals surface area contributed by atoms with Crippen LogP contribution in [-0.4, -0.2) is 68.5 Å². The molecule has 3 aromatic rings. The third kappa shape index (κ3) is 5.57. The van der Waals surface area contributed by atoms with E-state index in [2.05, 4.69) is 10.3 Å². The van der Waals surface area contributed by atoms with Crippen molar-refractivity contribution in [1.82, 2.24) is 9.29 Å². The van der Waals surface area contributed by atoms with Gasteiger partial charge in [-0.25, -0.2) is 8.42 Å². The molecular formula is C23H26ClN5O6S. The monoisotopic (exact) mass is 535 g/mol. The first-order chi connectivity index (χ1) is 17.2. The lowest BCUT2D eigenvalue weighted by atomic mass is 10.2. The number of amides is 2. The molecular weight excluding hydrogens is 510 g/mol. The first-order valence-corrected chi connectivity index (χ1v) is 13.0. The Kier molecular flexibility index (Phi) is 7.69. The maximum absolute atomic E-state index is 13.8. The summed E-state index contributed by atoms with van der Waals surface area (Å²) < 4.78 is 40.3. The number of nitrogens with one attached hydrogen (secondary N) is 2. The number of H-pyrrole nitrogens is 1. The van der Waals surface area contributed by atoms with Crippen molar-refractivity contribution >= 4 is 50.0 Å². The van der Waals surface area contributed by atoms with Gasteiger partial charge in [-0.3, -0.25) is 9.59 Å². The fourth-order valence-corrected chi connectivity index (χ4v) is 5.99. The van der Waals surface area contributed by atoms with Gasteiger partial charge in [-0.2, -0.15) is 4.31 Å². The zero-order valence-electron chi connectivity index (χ0n) is 19.2. The highest BCUT2D eigenvalue weighted by molar-refractivity contribution is 7.89. The van der Waals surface area contributed by atoms with E-state index in [0.717, 1.165) is 0 Å². The summed E-state index contributed by atoms with van der Waals surface area (Å²) in [6, 6.07) is 12.1. The van der Waals surface area contributed by atoms with Crippen LogP contribution in [-0.2, 0) is 19.6 Å². The van der Waals surface area contributed by atoms with Crippen LogP contribution in [0.3, 0.4) is 0 Å². The largest absolute Gasteiger partial charge is 0.491 e. The predicted octanol–water partition coefficient (Wildman–Crippen LogP) is 1.68. The minimum Gasteiger partial charge on any atom is -0.491 e. The van der Waals surface area contributed by atoms with E-state index in [1.807, 2.05) is 18.2 Å². The van der Waals surface area contributed by atoms with Crippen LogP contribution in [0.5, 0.6) is 5.75 Å². The van der Waals surface area contributed by atoms with Gasteiger partial charge in [0.25, 0.3) is 5.91 Å². The number of halogens is 1. The number of primary amides is 2. The normalized spacial score (nSPS) is 16.6. The molecule has 1 saturated heterocycles. The van der Waals surface area contributed by atoms with Crippen LogP contribution in [0.2, 0.25) is 5.02 Å². The number of nitrogens with zero attached hydrogens (tertiary/aromatic N) is 1. The molecule has 1 unspecified atom stereocenters. The quantitative estimate of drug-likeness (QED) is 0.306. The molecule has 0 bridgehead atoms. The van der Waals surface area contributed by atoms with Crippen molar-refractivity contribution in [2.45, 2.75) is 17.4 Å². The van der Waals surface area contributed by atoms with E-state index < -0.39 is 27.9 Å². The van der Waals surface area contributed by atoms with Crippen LogP contribution in [0.1, 0.15) is 16.9 Å². The molecule has 2 amide bonds. The molecule has 4 rings (SSSR count). The Morgan fingerprint density at radius 2 is 1.97 bits per heavy atom. The Morgan fingerprint density at radius 1 is 1.22 bits per heavy atom. The van der Waals surface area contributed by atoms with Crippen molar-refractivity contribution in [3.63, 3.8) is 0 Å². The van der Waals surface area contributed by atoms with Crippen LogP contribution >= 0.6 is 11.6 Å². The fraction of sp³-hybridized carbons (Fsp3) is 0.304. The maximum Gasteiger partial charge on any atom is 0.266 e. The zero-order chi connectivity index (χ0) is 25.9. The molecule has 2 aromatic carbocycles. The Balaban J connectivity index is 1.65. The summed E-state index contributed by atoms with van der Waals surface area (Å²) in [5, 5.41) is 3.42. The molecule has 11 nitrogen and oxygen atoms in total. The van der Waals surface area contributed by atoms with Crippen LogP contribution < -0.4 is 21.5 Å². The summed E-state index contributed by atoms with van der Waals surface area (Å²) in [5.74, 6) is -0.813. The van der Waals surface area contributed by atoms with Gasteiger partial charge in [0.2, 0.25) is 15.9 Å². The van der Waals surface area contributed by atoms with E-state index in [1.54, 1.807) is 18.2 Å². The lowest BCUT2D eigenvalue weighted by molar-refractivity contribution is -0.117. The number of benzene rings is 2. The van der Waals surface area contributed by atoms with E-state index in [-0.39, 0.29) is 60.3 Å². The number of nitrogens with two attached hydrogens (primary N) is 2. The van der Waals surface area contributed by atoms with Crippen LogP contribution in [0.4, 0.5) is 5.69 Å². The molecule has 0 radical (unpaired) electrons. The smallest absolute Gasteiger partial charge is 0.266 e. The van der Waals surface area contributed by atoms with Crippen LogP contribution in [0, 0.1) is 0 Å². The number of aromatic nitrogens is 1. The van der Waals surface area contributed by atoms with E-state index in [9.17, 15) is 18.0 Å². The lowest BCUT2D eigenvalue weighted by Gasteiger charge is -2.32. The number of carbonyl (C=O) groups excluding carboxylic acids is 2. The zero-order valence-corrected chi connectivity index (χ0v) is 20.8. The summed E-state index contributed by atoms with van der Waals surface area (Å²) in [7, 11) is -4.20. The topological polar surface area (TPSA) is 170 Å². The SMILES string of the molecule is NC(=O)CCNc1cc(Cl)cc2c(S(=O)(=O)N3CCOC(COc4ccccc4)C3)c(C(N)=O)[nH]c12. The molecule has 1 atom stereocenters. The minimum absolute atomic E-state index is 0.0182. The highest BCUT2D eigenvalue weighted by Crippen LogP contribution is 2.36. The highest BCUT2D eigenvalue weighted by atomic mass is 35.5. The van der Waals surface area contributed by atoms with E-state index in [4.69, 9.17) is 32.5 Å². The Bertz CT molecular complexity index is 1380. The number of rotatable bonds is 10. The molecule has 192 valence electrons. The maximum atomic E-state index is 13.8. The lowest BCUT2D eigenvalue weighted by Crippen LogP contribution is -2.47.